The fourth-order valence-corrected chi connectivity index (χ4v) is 2.02. The minimum atomic E-state index is -1.32. The van der Waals surface area contributed by atoms with Crippen molar-refractivity contribution in [3.8, 4) is 0 Å². The predicted molar refractivity (Wildman–Crippen MR) is 59.7 cm³/mol. The Morgan fingerprint density at radius 1 is 1.00 bits per heavy atom. The SMILES string of the molecule is Fc1cc(F)c(Sc2ccc(Cl)cc2)nc1F. The van der Waals surface area contributed by atoms with Gasteiger partial charge in [-0.1, -0.05) is 23.4 Å². The van der Waals surface area contributed by atoms with E-state index in [0.717, 1.165) is 11.8 Å². The molecule has 0 bridgehead atoms. The summed E-state index contributed by atoms with van der Waals surface area (Å²) in [5.41, 5.74) is 0. The zero-order chi connectivity index (χ0) is 12.4. The minimum Gasteiger partial charge on any atom is -0.207 e. The van der Waals surface area contributed by atoms with E-state index in [1.54, 1.807) is 24.3 Å². The van der Waals surface area contributed by atoms with Crippen LogP contribution in [0.25, 0.3) is 0 Å². The Labute approximate surface area is 105 Å². The fraction of sp³-hybridized carbons (Fsp3) is 0. The van der Waals surface area contributed by atoms with Gasteiger partial charge in [-0.25, -0.2) is 13.8 Å². The number of pyridine rings is 1. The van der Waals surface area contributed by atoms with Crippen LogP contribution in [0, 0.1) is 17.6 Å². The number of nitrogens with zero attached hydrogens (tertiary/aromatic N) is 1. The third-order valence-electron chi connectivity index (χ3n) is 1.88. The van der Waals surface area contributed by atoms with Crippen LogP contribution < -0.4 is 0 Å². The third-order valence-corrected chi connectivity index (χ3v) is 3.12. The van der Waals surface area contributed by atoms with Crippen molar-refractivity contribution < 1.29 is 13.2 Å². The quantitative estimate of drug-likeness (QED) is 0.758. The summed E-state index contributed by atoms with van der Waals surface area (Å²) in [5, 5.41) is 0.319. The Morgan fingerprint density at radius 3 is 2.29 bits per heavy atom. The zero-order valence-electron chi connectivity index (χ0n) is 8.25. The Hall–Kier alpha value is -1.20. The summed E-state index contributed by atoms with van der Waals surface area (Å²) < 4.78 is 38.8. The maximum Gasteiger partial charge on any atom is 0.250 e. The Kier molecular flexibility index (Phi) is 3.59. The van der Waals surface area contributed by atoms with E-state index >= 15 is 0 Å². The summed E-state index contributed by atoms with van der Waals surface area (Å²) in [6.45, 7) is 0. The molecule has 2 aromatic rings. The van der Waals surface area contributed by atoms with Crippen LogP contribution in [0.4, 0.5) is 13.2 Å². The van der Waals surface area contributed by atoms with Crippen molar-refractivity contribution >= 4 is 23.4 Å². The summed E-state index contributed by atoms with van der Waals surface area (Å²) in [6, 6.07) is 6.97. The molecule has 6 heteroatoms. The maximum atomic E-state index is 13.3. The van der Waals surface area contributed by atoms with Gasteiger partial charge in [0.25, 0.3) is 0 Å². The summed E-state index contributed by atoms with van der Waals surface area (Å²) in [7, 11) is 0. The van der Waals surface area contributed by atoms with Crippen LogP contribution in [0.3, 0.4) is 0 Å². The normalized spacial score (nSPS) is 10.6. The highest BCUT2D eigenvalue weighted by Gasteiger charge is 2.12. The number of aromatic nitrogens is 1. The number of hydrogen-bond acceptors (Lipinski definition) is 2. The standard InChI is InChI=1S/C11H5ClF3NS/c12-6-1-3-7(4-2-6)17-11-9(14)5-8(13)10(15)16-11/h1-5H. The largest absolute Gasteiger partial charge is 0.250 e. The lowest BCUT2D eigenvalue weighted by Gasteiger charge is -2.03. The first-order valence-corrected chi connectivity index (χ1v) is 5.70. The van der Waals surface area contributed by atoms with Crippen LogP contribution in [-0.2, 0) is 0 Å². The fourth-order valence-electron chi connectivity index (χ4n) is 1.11. The van der Waals surface area contributed by atoms with E-state index in [2.05, 4.69) is 4.98 Å². The van der Waals surface area contributed by atoms with E-state index < -0.39 is 17.6 Å². The van der Waals surface area contributed by atoms with Crippen molar-refractivity contribution in [2.45, 2.75) is 9.92 Å². The van der Waals surface area contributed by atoms with E-state index in [4.69, 9.17) is 11.6 Å². The lowest BCUT2D eigenvalue weighted by atomic mass is 10.4. The van der Waals surface area contributed by atoms with Crippen LogP contribution in [0.5, 0.6) is 0 Å². The van der Waals surface area contributed by atoms with Gasteiger partial charge in [-0.2, -0.15) is 4.39 Å². The molecule has 1 heterocycles. The van der Waals surface area contributed by atoms with Crippen molar-refractivity contribution in [2.75, 3.05) is 0 Å². The van der Waals surface area contributed by atoms with Crippen molar-refractivity contribution in [1.82, 2.24) is 4.98 Å². The number of hydrogen-bond donors (Lipinski definition) is 0. The van der Waals surface area contributed by atoms with Crippen LogP contribution in [0.2, 0.25) is 5.02 Å². The van der Waals surface area contributed by atoms with Crippen molar-refractivity contribution in [3.63, 3.8) is 0 Å². The molecule has 17 heavy (non-hydrogen) atoms. The van der Waals surface area contributed by atoms with E-state index in [0.29, 0.717) is 16.0 Å². The molecule has 1 aromatic heterocycles. The second-order valence-corrected chi connectivity index (χ2v) is 4.60. The molecule has 0 aliphatic rings. The Balaban J connectivity index is 2.30. The molecule has 2 rings (SSSR count). The van der Waals surface area contributed by atoms with Gasteiger partial charge in [0.2, 0.25) is 5.95 Å². The molecule has 0 unspecified atom stereocenters. The second-order valence-electron chi connectivity index (χ2n) is 3.10. The lowest BCUT2D eigenvalue weighted by Crippen LogP contribution is -1.95. The minimum absolute atomic E-state index is 0.216. The van der Waals surface area contributed by atoms with Crippen LogP contribution in [-0.4, -0.2) is 4.98 Å². The molecule has 0 saturated carbocycles. The summed E-state index contributed by atoms with van der Waals surface area (Å²) in [4.78, 5) is 3.83. The molecular formula is C11H5ClF3NS. The van der Waals surface area contributed by atoms with Gasteiger partial charge in [0.1, 0.15) is 5.03 Å². The van der Waals surface area contributed by atoms with Crippen LogP contribution >= 0.6 is 23.4 Å². The van der Waals surface area contributed by atoms with Crippen molar-refractivity contribution in [1.29, 1.82) is 0 Å². The highest BCUT2D eigenvalue weighted by atomic mass is 35.5. The smallest absolute Gasteiger partial charge is 0.207 e. The molecule has 1 aromatic carbocycles. The third kappa shape index (κ3) is 2.92. The molecule has 0 aliphatic carbocycles. The Morgan fingerprint density at radius 2 is 1.65 bits per heavy atom. The zero-order valence-corrected chi connectivity index (χ0v) is 9.83. The molecule has 0 N–H and O–H groups in total. The number of benzene rings is 1. The van der Waals surface area contributed by atoms with Gasteiger partial charge in [0.15, 0.2) is 11.6 Å². The van der Waals surface area contributed by atoms with Crippen molar-refractivity contribution in [3.05, 3.63) is 52.9 Å². The van der Waals surface area contributed by atoms with Gasteiger partial charge in [-0.3, -0.25) is 0 Å². The predicted octanol–water partition coefficient (Wildman–Crippen LogP) is 4.30. The molecule has 0 radical (unpaired) electrons. The molecule has 0 fully saturated rings. The van der Waals surface area contributed by atoms with Crippen LogP contribution in [0.1, 0.15) is 0 Å². The van der Waals surface area contributed by atoms with E-state index in [9.17, 15) is 13.2 Å². The lowest BCUT2D eigenvalue weighted by molar-refractivity contribution is 0.448. The highest BCUT2D eigenvalue weighted by molar-refractivity contribution is 7.99. The first-order chi connectivity index (χ1) is 8.06. The molecule has 0 atom stereocenters. The summed E-state index contributed by atoms with van der Waals surface area (Å²) in [6.07, 6.45) is 0. The van der Waals surface area contributed by atoms with Gasteiger partial charge in [-0.05, 0) is 24.3 Å². The first-order valence-electron chi connectivity index (χ1n) is 4.51. The number of halogens is 4. The van der Waals surface area contributed by atoms with Gasteiger partial charge in [-0.15, -0.1) is 0 Å². The second kappa shape index (κ2) is 4.98. The summed E-state index contributed by atoms with van der Waals surface area (Å²) >= 11 is 6.58. The molecule has 0 aliphatic heterocycles. The van der Waals surface area contributed by atoms with Crippen molar-refractivity contribution in [2.24, 2.45) is 0 Å². The number of rotatable bonds is 2. The van der Waals surface area contributed by atoms with Gasteiger partial charge in [0, 0.05) is 16.0 Å². The van der Waals surface area contributed by atoms with Crippen LogP contribution in [0.15, 0.2) is 40.3 Å². The first kappa shape index (κ1) is 12.3. The molecule has 0 amide bonds. The van der Waals surface area contributed by atoms with E-state index in [1.165, 1.54) is 0 Å². The summed E-state index contributed by atoms with van der Waals surface area (Å²) in [5.74, 6) is -3.52. The molecule has 0 spiro atoms. The molecule has 88 valence electrons. The average Bonchev–Trinajstić information content (AvgIpc) is 2.29. The topological polar surface area (TPSA) is 12.9 Å². The monoisotopic (exact) mass is 275 g/mol. The average molecular weight is 276 g/mol. The van der Waals surface area contributed by atoms with E-state index in [-0.39, 0.29) is 5.03 Å². The van der Waals surface area contributed by atoms with Gasteiger partial charge in [0.05, 0.1) is 0 Å². The maximum absolute atomic E-state index is 13.3. The Bertz CT molecular complexity index is 545. The highest BCUT2D eigenvalue weighted by Crippen LogP contribution is 2.29. The molecular weight excluding hydrogens is 271 g/mol. The van der Waals surface area contributed by atoms with Gasteiger partial charge >= 0.3 is 0 Å². The molecule has 0 saturated heterocycles. The molecule has 1 nitrogen and oxygen atoms in total. The van der Waals surface area contributed by atoms with Gasteiger partial charge < -0.3 is 0 Å². The van der Waals surface area contributed by atoms with E-state index in [1.807, 2.05) is 0 Å².